The van der Waals surface area contributed by atoms with E-state index in [0.717, 1.165) is 10.9 Å². The molecule has 26 N–H and O–H groups in total. The average molecular weight is 1960 g/mol. The van der Waals surface area contributed by atoms with Crippen LogP contribution in [0.1, 0.15) is 208 Å². The molecule has 17 amide bonds. The van der Waals surface area contributed by atoms with E-state index in [1.807, 2.05) is 24.3 Å². The number of unbranched alkanes of at least 4 members (excludes halogenated alkanes) is 1. The summed E-state index contributed by atoms with van der Waals surface area (Å²) in [6, 6.07) is 7.89. The van der Waals surface area contributed by atoms with Crippen molar-refractivity contribution in [2.24, 2.45) is 40.9 Å². The van der Waals surface area contributed by atoms with E-state index in [2.05, 4.69) is 89.7 Å². The zero-order valence-corrected chi connectivity index (χ0v) is 82.3. The number of primary amides is 2. The lowest BCUT2D eigenvalue weighted by Crippen LogP contribution is -2.65. The molecule has 0 spiro atoms. The molecule has 768 valence electrons. The van der Waals surface area contributed by atoms with Crippen molar-refractivity contribution < 1.29 is 102 Å². The maximum Gasteiger partial charge on any atom is 0.303 e. The number of rotatable bonds is 47. The summed E-state index contributed by atoms with van der Waals surface area (Å²) in [6.07, 6.45) is 4.82. The van der Waals surface area contributed by atoms with Gasteiger partial charge in [-0.3, -0.25) is 86.3 Å². The highest BCUT2D eigenvalue weighted by Gasteiger charge is 2.44. The van der Waals surface area contributed by atoms with Gasteiger partial charge in [0.25, 0.3) is 0 Å². The van der Waals surface area contributed by atoms with Gasteiger partial charge in [-0.1, -0.05) is 128 Å². The van der Waals surface area contributed by atoms with Gasteiger partial charge in [0.2, 0.25) is 100 Å². The Hall–Kier alpha value is -14.3. The fourth-order valence-electron chi connectivity index (χ4n) is 16.4. The van der Waals surface area contributed by atoms with E-state index in [-0.39, 0.29) is 139 Å². The number of fused-ring (bicyclic) bond motifs is 2. The van der Waals surface area contributed by atoms with E-state index >= 15 is 28.8 Å². The average Bonchev–Trinajstić information content (AvgIpc) is 1.75. The molecule has 3 heterocycles. The van der Waals surface area contributed by atoms with Gasteiger partial charge in [0.15, 0.2) is 0 Å². The number of carboxylic acid groups (broad SMARTS) is 1. The monoisotopic (exact) mass is 1960 g/mol. The lowest BCUT2D eigenvalue weighted by molar-refractivity contribution is -0.139. The summed E-state index contributed by atoms with van der Waals surface area (Å²) in [5.74, 6) is -18.3. The van der Waals surface area contributed by atoms with Crippen LogP contribution >= 0.6 is 0 Å². The van der Waals surface area contributed by atoms with E-state index in [9.17, 15) is 72.9 Å². The molecule has 141 heavy (non-hydrogen) atoms. The second kappa shape index (κ2) is 54.9. The minimum Gasteiger partial charge on any atom is -0.508 e. The van der Waals surface area contributed by atoms with Crippen molar-refractivity contribution in [2.75, 3.05) is 13.1 Å². The fraction of sp³-hybridized carbons (Fsp3) is 0.520. The lowest BCUT2D eigenvalue weighted by atomic mass is 9.90. The van der Waals surface area contributed by atoms with Crippen molar-refractivity contribution in [1.29, 1.82) is 0 Å². The van der Waals surface area contributed by atoms with Gasteiger partial charge in [-0.2, -0.15) is 0 Å². The van der Waals surface area contributed by atoms with Gasteiger partial charge >= 0.3 is 5.97 Å². The maximum atomic E-state index is 15.4. The summed E-state index contributed by atoms with van der Waals surface area (Å²) >= 11 is 0. The highest BCUT2D eigenvalue weighted by molar-refractivity contribution is 6.03. The Labute approximate surface area is 820 Å². The number of benzene rings is 4. The van der Waals surface area contributed by atoms with Crippen molar-refractivity contribution in [2.45, 2.75) is 295 Å². The predicted molar refractivity (Wildman–Crippen MR) is 526 cm³/mol. The Balaban J connectivity index is 1.15. The molecule has 0 radical (unpaired) electrons. The summed E-state index contributed by atoms with van der Waals surface area (Å²) in [6.45, 7) is 18.9. The number of hydrogen-bond acceptors (Lipinski definition) is 21. The number of aromatic nitrogens is 2. The molecule has 4 aromatic carbocycles. The summed E-state index contributed by atoms with van der Waals surface area (Å²) in [5, 5.41) is 72.0. The lowest BCUT2D eigenvalue weighted by Gasteiger charge is -2.34. The van der Waals surface area contributed by atoms with E-state index < -0.39 is 222 Å². The van der Waals surface area contributed by atoms with E-state index in [1.54, 1.807) is 104 Å². The molecule has 0 bridgehead atoms. The highest BCUT2D eigenvalue weighted by Crippen LogP contribution is 2.27. The van der Waals surface area contributed by atoms with E-state index in [1.165, 1.54) is 76.2 Å². The quantitative estimate of drug-likeness (QED) is 0.0193. The Morgan fingerprint density at radius 3 is 1.39 bits per heavy atom. The Morgan fingerprint density at radius 2 is 0.894 bits per heavy atom. The molecule has 7 rings (SSSR count). The second-order valence-corrected chi connectivity index (χ2v) is 38.4. The molecule has 0 unspecified atom stereocenters. The summed E-state index contributed by atoms with van der Waals surface area (Å²) in [7, 11) is 0. The molecule has 1 aliphatic rings. The van der Waals surface area contributed by atoms with Crippen LogP contribution in [0.2, 0.25) is 0 Å². The van der Waals surface area contributed by atoms with Crippen LogP contribution in [-0.4, -0.2) is 228 Å². The molecule has 1 aliphatic heterocycles. The number of nitrogens with two attached hydrogens (primary N) is 3. The SMILES string of the molecule is CC(=O)NCC(=O)N[C@@H](Cc1c[nH]c2ccccc12)C(=O)N[C@@H](CCC(=O)O)C(=O)N[C@@H](C)C(=O)N[C@@H](CC(C)C)C(=O)N[C@@H](CCCCN)C(=O)N[C@@H](Cc1ccc(O)cc1)C(=O)N[C@@H](CC(C)C)C(=O)N[C@@]1(C)CCC/C=C\CCC[C@@](C)(C(=O)N[C@@H](Cc2ccc(O)cc2)C(=O)N[C@@H](Cc2c[nH]c3ccccc23)C(N)=O)NC(=O)[C@H](CC(C)C)NC(=O)[C@H](CC(C)C)NC(=O)[C@H](CC(N)=O)NC1=O. The summed E-state index contributed by atoms with van der Waals surface area (Å²) < 4.78 is 0. The van der Waals surface area contributed by atoms with Gasteiger partial charge in [0, 0.05) is 73.2 Å². The molecule has 6 aromatic rings. The number of H-pyrrole nitrogens is 2. The van der Waals surface area contributed by atoms with Crippen LogP contribution in [0.15, 0.2) is 122 Å². The number of aromatic amines is 2. The molecule has 0 saturated carbocycles. The number of carbonyl (C=O) groups excluding carboxylic acids is 17. The first-order valence-corrected chi connectivity index (χ1v) is 48.0. The molecule has 14 atom stereocenters. The number of aliphatic carboxylic acids is 1. The third-order valence-electron chi connectivity index (χ3n) is 24.1. The Kier molecular flexibility index (Phi) is 44.3. The minimum absolute atomic E-state index is 0.0233. The number of allylic oxidation sites excluding steroid dienone is 2. The Morgan fingerprint density at radius 1 is 0.461 bits per heavy atom. The number of para-hydroxylation sites is 2. The van der Waals surface area contributed by atoms with Crippen LogP contribution in [0.3, 0.4) is 0 Å². The summed E-state index contributed by atoms with van der Waals surface area (Å²) in [4.78, 5) is 263. The second-order valence-electron chi connectivity index (χ2n) is 38.4. The number of amides is 17. The van der Waals surface area contributed by atoms with E-state index in [4.69, 9.17) is 17.2 Å². The van der Waals surface area contributed by atoms with Crippen LogP contribution in [0.4, 0.5) is 0 Å². The standard InChI is InChI=1S/C100H142N20O21/c1-55(2)43-74(112-86(129)59(9)107-87(130)72(38-39-84(126)127)110-93(136)80(108-83(125)54-104-60(10)121)50-64-53-106-70-28-20-18-26-68(64)70)89(132)109-71(29-21-24-42-101)88(131)116-78(47-61-30-34-65(122)35-31-61)91(134)115-77(46-58(7)8)96(139)120-100(12)41-23-16-14-13-15-22-40-99(11,119-95(138)76(45-57(5)6)114-90(133)75(44-56(3)4)113-94(137)81(51-82(102)124)118-98(100)141)97(140)117-79(48-62-32-36-66(123)37-33-62)92(135)111-73(85(103)128)49-63-52-105-69-27-19-17-25-67(63)69/h13-14,17-20,25-28,30-37,52-53,55-59,71-81,105-106,122-123H,15-16,21-24,29,38-51,54,101H2,1-12H3,(H2,102,124)(H2,103,128)(H,104,121)(H,107,130)(H,108,125)(H,109,132)(H,110,136)(H,111,135)(H,112,129)(H,113,137)(H,114,133)(H,115,134)(H,116,131)(H,117,140)(H,118,141)(H,119,138)(H,120,139)(H,126,127)/b14-13-/t59-,71-,72-,73-,74-,75-,76-,77-,78-,79-,80-,81-,99-,100-/m0/s1. The van der Waals surface area contributed by atoms with Crippen LogP contribution in [0.5, 0.6) is 11.5 Å². The Bertz CT molecular complexity index is 5390. The predicted octanol–water partition coefficient (Wildman–Crippen LogP) is 2.50. The van der Waals surface area contributed by atoms with Crippen molar-refractivity contribution in [1.82, 2.24) is 89.7 Å². The highest BCUT2D eigenvalue weighted by atomic mass is 16.4. The number of phenolic OH excluding ortho intramolecular Hbond substituents is 2. The first-order valence-electron chi connectivity index (χ1n) is 48.0. The van der Waals surface area contributed by atoms with Crippen molar-refractivity contribution in [3.8, 4) is 11.5 Å². The molecule has 0 fully saturated rings. The number of carboxylic acids is 1. The summed E-state index contributed by atoms with van der Waals surface area (Å²) in [5.41, 5.74) is 17.4. The van der Waals surface area contributed by atoms with Gasteiger partial charge in [-0.05, 0) is 200 Å². The molecular formula is C100H142N20O21. The zero-order valence-electron chi connectivity index (χ0n) is 82.3. The third kappa shape index (κ3) is 37.1. The van der Waals surface area contributed by atoms with Gasteiger partial charge in [-0.15, -0.1) is 0 Å². The maximum absolute atomic E-state index is 15.4. The molecule has 41 nitrogen and oxygen atoms in total. The first-order chi connectivity index (χ1) is 66.6. The fourth-order valence-corrected chi connectivity index (χ4v) is 16.4. The van der Waals surface area contributed by atoms with Crippen molar-refractivity contribution >= 4 is 128 Å². The number of carbonyl (C=O) groups is 18. The van der Waals surface area contributed by atoms with Crippen LogP contribution in [0, 0.1) is 23.7 Å². The molecule has 0 saturated heterocycles. The molecule has 41 heteroatoms. The van der Waals surface area contributed by atoms with Crippen LogP contribution in [0.25, 0.3) is 21.8 Å². The smallest absolute Gasteiger partial charge is 0.303 e. The topological polar surface area (TPSA) is 658 Å². The first kappa shape index (κ1) is 114. The third-order valence-corrected chi connectivity index (χ3v) is 24.1. The molecule has 0 aliphatic carbocycles. The van der Waals surface area contributed by atoms with Gasteiger partial charge in [-0.25, -0.2) is 0 Å². The van der Waals surface area contributed by atoms with Gasteiger partial charge in [0.1, 0.15) is 95.1 Å². The van der Waals surface area contributed by atoms with Gasteiger partial charge < -0.3 is 122 Å². The van der Waals surface area contributed by atoms with Crippen molar-refractivity contribution in [3.05, 3.63) is 144 Å². The number of phenols is 2. The van der Waals surface area contributed by atoms with Gasteiger partial charge in [0.05, 0.1) is 13.0 Å². The normalized spacial score (nSPS) is 19.0. The number of nitrogens with one attached hydrogen (secondary N) is 17. The molecule has 2 aromatic heterocycles. The van der Waals surface area contributed by atoms with Crippen LogP contribution < -0.4 is 97.0 Å². The molecular weight excluding hydrogens is 1820 g/mol. The largest absolute Gasteiger partial charge is 0.508 e. The zero-order chi connectivity index (χ0) is 104. The van der Waals surface area contributed by atoms with Crippen molar-refractivity contribution in [3.63, 3.8) is 0 Å². The van der Waals surface area contributed by atoms with Crippen LogP contribution in [-0.2, 0) is 112 Å². The number of hydrogen-bond donors (Lipinski definition) is 23. The van der Waals surface area contributed by atoms with E-state index in [0.29, 0.717) is 39.6 Å². The minimum atomic E-state index is -2.04. The number of aromatic hydroxyl groups is 2.